The second kappa shape index (κ2) is 12.4. The van der Waals surface area contributed by atoms with E-state index in [-0.39, 0.29) is 17.3 Å². The van der Waals surface area contributed by atoms with Gasteiger partial charge in [-0.3, -0.25) is 9.55 Å². The fourth-order valence-corrected chi connectivity index (χ4v) is 5.27. The number of carbonyl (C=O) groups is 1. The van der Waals surface area contributed by atoms with Gasteiger partial charge in [0.25, 0.3) is 0 Å². The summed E-state index contributed by atoms with van der Waals surface area (Å²) in [4.78, 5) is 29.1. The molecule has 14 heteroatoms. The number of carboxylic acid groups (broad SMARTS) is 1. The molecule has 234 valence electrons. The number of aromatic nitrogens is 4. The highest BCUT2D eigenvalue weighted by Gasteiger charge is 2.38. The van der Waals surface area contributed by atoms with Crippen LogP contribution in [-0.2, 0) is 24.9 Å². The van der Waals surface area contributed by atoms with Crippen LogP contribution in [-0.4, -0.2) is 41.9 Å². The number of nitrogens with zero attached hydrogens (tertiary/aromatic N) is 5. The molecule has 6 N–H and O–H groups in total. The Hall–Kier alpha value is -6.23. The number of hydrogen-bond acceptors (Lipinski definition) is 4. The molecule has 0 aliphatic heterocycles. The average molecular weight is 629 g/mol. The van der Waals surface area contributed by atoms with Gasteiger partial charge < -0.3 is 25.7 Å². The Morgan fingerprint density at radius 2 is 1.61 bits per heavy atom. The molecule has 0 aliphatic carbocycles. The van der Waals surface area contributed by atoms with Crippen molar-refractivity contribution >= 4 is 33.7 Å². The molecule has 11 nitrogen and oxygen atoms in total. The second-order valence-electron chi connectivity index (χ2n) is 10.3. The number of nitrogens with one attached hydrogen (secondary N) is 1. The van der Waals surface area contributed by atoms with Crippen LogP contribution in [0.25, 0.3) is 38.8 Å². The van der Waals surface area contributed by atoms with E-state index in [1.54, 1.807) is 4.57 Å². The van der Waals surface area contributed by atoms with Crippen molar-refractivity contribution in [1.82, 2.24) is 18.7 Å². The van der Waals surface area contributed by atoms with Gasteiger partial charge in [0.05, 0.1) is 17.9 Å². The van der Waals surface area contributed by atoms with Crippen molar-refractivity contribution in [3.8, 4) is 23.0 Å². The van der Waals surface area contributed by atoms with E-state index >= 15 is 0 Å². The van der Waals surface area contributed by atoms with Crippen LogP contribution in [0.1, 0.15) is 16.8 Å². The third-order valence-electron chi connectivity index (χ3n) is 7.20. The zero-order valence-electron chi connectivity index (χ0n) is 24.3. The Balaban J connectivity index is 0.000000537. The number of para-hydroxylation sites is 2. The van der Waals surface area contributed by atoms with Crippen LogP contribution in [0.5, 0.6) is 0 Å². The van der Waals surface area contributed by atoms with Gasteiger partial charge in [-0.1, -0.05) is 60.7 Å². The van der Waals surface area contributed by atoms with Gasteiger partial charge in [-0.25, -0.2) is 14.6 Å². The van der Waals surface area contributed by atoms with Crippen molar-refractivity contribution in [2.45, 2.75) is 19.3 Å². The lowest BCUT2D eigenvalue weighted by molar-refractivity contribution is -0.192. The molecule has 0 spiro atoms. The molecule has 3 aromatic carbocycles. The Morgan fingerprint density at radius 1 is 0.978 bits per heavy atom. The minimum atomic E-state index is -5.08. The van der Waals surface area contributed by atoms with Crippen LogP contribution >= 0.6 is 0 Å². The number of nitrogens with two attached hydrogens (primary N) is 2. The topological polar surface area (TPSA) is 173 Å². The lowest BCUT2D eigenvalue weighted by Crippen LogP contribution is -2.22. The maximum Gasteiger partial charge on any atom is 0.490 e. The standard InChI is InChI=1S/C30H26N8O.C2HF3O2/c1-36-18-27(22-10-3-4-11-25(22)36)38-28(24(14-31)35-30(38)39)23-17-37(26-12-5-2-9-21(23)26)16-20-8-6-7-19(13-20)15-34-29(32)33;3-2(4,5)1(6)7/h2-13,17-18H,15-16H2,1H3,(H,35,39)(H4,32,33,34);(H,6,7). The first kappa shape index (κ1) is 31.2. The first-order valence-corrected chi connectivity index (χ1v) is 13.7. The Morgan fingerprint density at radius 3 is 2.26 bits per heavy atom. The highest BCUT2D eigenvalue weighted by Crippen LogP contribution is 2.35. The first-order valence-electron chi connectivity index (χ1n) is 13.7. The van der Waals surface area contributed by atoms with E-state index < -0.39 is 12.1 Å². The van der Waals surface area contributed by atoms with E-state index in [4.69, 9.17) is 21.4 Å². The van der Waals surface area contributed by atoms with Crippen molar-refractivity contribution in [1.29, 1.82) is 5.26 Å². The summed E-state index contributed by atoms with van der Waals surface area (Å²) < 4.78 is 37.5. The van der Waals surface area contributed by atoms with Crippen molar-refractivity contribution < 1.29 is 23.1 Å². The number of H-pyrrole nitrogens is 1. The lowest BCUT2D eigenvalue weighted by atomic mass is 10.1. The number of nitriles is 1. The molecular formula is C32H27F3N8O3. The van der Waals surface area contributed by atoms with Crippen LogP contribution in [0, 0.1) is 11.3 Å². The highest BCUT2D eigenvalue weighted by molar-refractivity contribution is 5.98. The minimum absolute atomic E-state index is 0.0542. The smallest absolute Gasteiger partial charge is 0.475 e. The molecule has 0 saturated carbocycles. The molecule has 3 heterocycles. The number of alkyl halides is 3. The van der Waals surface area contributed by atoms with E-state index in [9.17, 15) is 23.2 Å². The molecule has 0 aliphatic rings. The number of benzene rings is 3. The molecule has 0 radical (unpaired) electrons. The molecule has 0 unspecified atom stereocenters. The van der Waals surface area contributed by atoms with Crippen LogP contribution < -0.4 is 17.2 Å². The summed E-state index contributed by atoms with van der Waals surface area (Å²) in [5.74, 6) is -2.70. The number of aryl methyl sites for hydroxylation is 1. The molecule has 46 heavy (non-hydrogen) atoms. The monoisotopic (exact) mass is 628 g/mol. The average Bonchev–Trinajstić information content (AvgIpc) is 3.66. The van der Waals surface area contributed by atoms with Crippen molar-refractivity contribution in [3.05, 3.63) is 112 Å². The number of hydrogen-bond donors (Lipinski definition) is 4. The van der Waals surface area contributed by atoms with Crippen LogP contribution in [0.3, 0.4) is 0 Å². The third-order valence-corrected chi connectivity index (χ3v) is 7.20. The molecular weight excluding hydrogens is 601 g/mol. The first-order chi connectivity index (χ1) is 21.9. The summed E-state index contributed by atoms with van der Waals surface area (Å²) in [6.45, 7) is 0.987. The predicted molar refractivity (Wildman–Crippen MR) is 167 cm³/mol. The fraction of sp³-hybridized carbons (Fsp3) is 0.125. The summed E-state index contributed by atoms with van der Waals surface area (Å²) in [5, 5.41) is 19.0. The molecule has 0 amide bonds. The molecule has 0 fully saturated rings. The number of halogens is 3. The number of rotatable bonds is 6. The van der Waals surface area contributed by atoms with Gasteiger partial charge >= 0.3 is 17.8 Å². The van der Waals surface area contributed by atoms with Gasteiger partial charge in [0.2, 0.25) is 0 Å². The number of imidazole rings is 1. The zero-order chi connectivity index (χ0) is 33.2. The second-order valence-corrected chi connectivity index (χ2v) is 10.3. The molecule has 6 rings (SSSR count). The van der Waals surface area contributed by atoms with Gasteiger partial charge in [-0.15, -0.1) is 0 Å². The van der Waals surface area contributed by atoms with Crippen LogP contribution in [0.2, 0.25) is 0 Å². The maximum absolute atomic E-state index is 13.3. The molecule has 0 bridgehead atoms. The normalized spacial score (nSPS) is 11.2. The number of guanidine groups is 1. The summed E-state index contributed by atoms with van der Waals surface area (Å²) in [5.41, 5.74) is 17.0. The van der Waals surface area contributed by atoms with Gasteiger partial charge in [-0.2, -0.15) is 18.4 Å². The van der Waals surface area contributed by atoms with E-state index in [0.29, 0.717) is 18.8 Å². The van der Waals surface area contributed by atoms with Gasteiger partial charge in [0.1, 0.15) is 11.8 Å². The zero-order valence-corrected chi connectivity index (χ0v) is 24.3. The summed E-state index contributed by atoms with van der Waals surface area (Å²) >= 11 is 0. The van der Waals surface area contributed by atoms with Crippen LogP contribution in [0.4, 0.5) is 13.2 Å². The Bertz CT molecular complexity index is 2210. The third kappa shape index (κ3) is 6.20. The van der Waals surface area contributed by atoms with E-state index in [2.05, 4.69) is 32.7 Å². The number of aliphatic carboxylic acids is 1. The van der Waals surface area contributed by atoms with Gasteiger partial charge in [-0.05, 0) is 23.3 Å². The Labute approximate surface area is 259 Å². The van der Waals surface area contributed by atoms with Crippen LogP contribution in [0.15, 0.2) is 95.0 Å². The summed E-state index contributed by atoms with van der Waals surface area (Å²) in [6, 6.07) is 26.2. The van der Waals surface area contributed by atoms with E-state index in [0.717, 1.165) is 44.2 Å². The summed E-state index contributed by atoms with van der Waals surface area (Å²) in [6.07, 6.45) is -1.15. The number of aliphatic imine (C=N–C) groups is 1. The fourth-order valence-electron chi connectivity index (χ4n) is 5.27. The number of aromatic amines is 1. The van der Waals surface area contributed by atoms with Crippen molar-refractivity contribution in [2.24, 2.45) is 23.5 Å². The number of carboxylic acids is 1. The lowest BCUT2D eigenvalue weighted by Gasteiger charge is -2.07. The quantitative estimate of drug-likeness (QED) is 0.155. The molecule has 0 saturated heterocycles. The molecule has 0 atom stereocenters. The highest BCUT2D eigenvalue weighted by atomic mass is 19.4. The Kier molecular flexibility index (Phi) is 8.42. The minimum Gasteiger partial charge on any atom is -0.475 e. The molecule has 6 aromatic rings. The van der Waals surface area contributed by atoms with E-state index in [1.807, 2.05) is 84.7 Å². The van der Waals surface area contributed by atoms with Gasteiger partial charge in [0, 0.05) is 53.4 Å². The van der Waals surface area contributed by atoms with Crippen molar-refractivity contribution in [3.63, 3.8) is 0 Å². The van der Waals surface area contributed by atoms with E-state index in [1.165, 1.54) is 0 Å². The largest absolute Gasteiger partial charge is 0.490 e. The maximum atomic E-state index is 13.3. The predicted octanol–water partition coefficient (Wildman–Crippen LogP) is 4.61. The van der Waals surface area contributed by atoms with Crippen molar-refractivity contribution in [2.75, 3.05) is 0 Å². The number of fused-ring (bicyclic) bond motifs is 2. The molecule has 3 aromatic heterocycles. The summed E-state index contributed by atoms with van der Waals surface area (Å²) in [7, 11) is 1.95. The SMILES string of the molecule is Cn1cc(-n2c(-c3cn(Cc4cccc(CN=C(N)N)c4)c4ccccc34)c(C#N)[nH]c2=O)c2ccccc21.O=C(O)C(F)(F)F. The van der Waals surface area contributed by atoms with Gasteiger partial charge in [0.15, 0.2) is 5.96 Å².